The van der Waals surface area contributed by atoms with Crippen molar-refractivity contribution >= 4 is 5.91 Å². The second kappa shape index (κ2) is 6.02. The summed E-state index contributed by atoms with van der Waals surface area (Å²) < 4.78 is 15.3. The van der Waals surface area contributed by atoms with Crippen LogP contribution in [0.1, 0.15) is 0 Å². The fraction of sp³-hybridized carbons (Fsp3) is 0.889. The molecule has 0 aromatic rings. The van der Waals surface area contributed by atoms with Gasteiger partial charge in [0.05, 0.1) is 19.8 Å². The van der Waals surface area contributed by atoms with Crippen LogP contribution in [0, 0.1) is 0 Å². The molecule has 1 atom stereocenters. The van der Waals surface area contributed by atoms with E-state index >= 15 is 0 Å². The van der Waals surface area contributed by atoms with Gasteiger partial charge in [0, 0.05) is 20.8 Å². The van der Waals surface area contributed by atoms with Crippen LogP contribution >= 0.6 is 0 Å². The molecule has 1 aliphatic heterocycles. The first-order valence-corrected chi connectivity index (χ1v) is 4.85. The van der Waals surface area contributed by atoms with Crippen LogP contribution in [-0.4, -0.2) is 63.7 Å². The van der Waals surface area contributed by atoms with E-state index in [2.05, 4.69) is 0 Å². The highest BCUT2D eigenvalue weighted by Crippen LogP contribution is 2.08. The summed E-state index contributed by atoms with van der Waals surface area (Å²) in [6.45, 7) is 2.13. The summed E-state index contributed by atoms with van der Waals surface area (Å²) in [6.07, 6.45) is -0.343. The van der Waals surface area contributed by atoms with E-state index in [-0.39, 0.29) is 18.2 Å². The third-order valence-electron chi connectivity index (χ3n) is 2.48. The molecule has 1 fully saturated rings. The Hall–Kier alpha value is -0.690. The van der Waals surface area contributed by atoms with Crippen molar-refractivity contribution < 1.29 is 19.0 Å². The summed E-state index contributed by atoms with van der Waals surface area (Å²) >= 11 is 0. The number of carbonyl (C=O) groups is 1. The summed E-state index contributed by atoms with van der Waals surface area (Å²) in [5.74, 6) is -0.374. The van der Waals surface area contributed by atoms with Gasteiger partial charge in [0.2, 0.25) is 5.91 Å². The van der Waals surface area contributed by atoms with Crippen molar-refractivity contribution in [1.82, 2.24) is 4.90 Å². The average molecular weight is 218 g/mol. The fourth-order valence-electron chi connectivity index (χ4n) is 1.56. The number of nitrogens with two attached hydrogens (primary N) is 1. The van der Waals surface area contributed by atoms with E-state index in [0.717, 1.165) is 0 Å². The third-order valence-corrected chi connectivity index (χ3v) is 2.48. The first kappa shape index (κ1) is 12.4. The minimum atomic E-state index is -0.383. The summed E-state index contributed by atoms with van der Waals surface area (Å²) in [7, 11) is 3.13. The molecule has 15 heavy (non-hydrogen) atoms. The summed E-state index contributed by atoms with van der Waals surface area (Å²) in [6, 6.07) is -0.383. The number of hydrogen-bond donors (Lipinski definition) is 1. The van der Waals surface area contributed by atoms with Gasteiger partial charge in [0.15, 0.2) is 6.29 Å². The van der Waals surface area contributed by atoms with E-state index in [1.165, 1.54) is 0 Å². The lowest BCUT2D eigenvalue weighted by molar-refractivity contribution is -0.145. The molecule has 0 saturated carbocycles. The number of methoxy groups -OCH3 is 2. The minimum Gasteiger partial charge on any atom is -0.378 e. The molecular formula is C9H18N2O4. The van der Waals surface area contributed by atoms with Crippen LogP contribution in [0.5, 0.6) is 0 Å². The van der Waals surface area contributed by atoms with Crippen LogP contribution in [0.4, 0.5) is 0 Å². The van der Waals surface area contributed by atoms with Crippen molar-refractivity contribution in [2.45, 2.75) is 12.3 Å². The van der Waals surface area contributed by atoms with Crippen molar-refractivity contribution in [3.8, 4) is 0 Å². The Bertz CT molecular complexity index is 208. The lowest BCUT2D eigenvalue weighted by Crippen LogP contribution is -2.54. The molecule has 0 aromatic heterocycles. The zero-order valence-corrected chi connectivity index (χ0v) is 9.14. The van der Waals surface area contributed by atoms with E-state index in [1.54, 1.807) is 14.2 Å². The Labute approximate surface area is 89.3 Å². The van der Waals surface area contributed by atoms with Crippen LogP contribution in [0.15, 0.2) is 0 Å². The highest BCUT2D eigenvalue weighted by atomic mass is 16.7. The molecule has 0 radical (unpaired) electrons. The quantitative estimate of drug-likeness (QED) is 0.586. The number of ether oxygens (including phenoxy) is 3. The summed E-state index contributed by atoms with van der Waals surface area (Å²) in [5, 5.41) is 0. The Morgan fingerprint density at radius 1 is 1.60 bits per heavy atom. The van der Waals surface area contributed by atoms with E-state index in [0.29, 0.717) is 26.3 Å². The molecule has 1 heterocycles. The van der Waals surface area contributed by atoms with Crippen LogP contribution in [-0.2, 0) is 19.0 Å². The van der Waals surface area contributed by atoms with Gasteiger partial charge in [-0.1, -0.05) is 0 Å². The molecule has 0 aliphatic carbocycles. The van der Waals surface area contributed by atoms with Crippen LogP contribution < -0.4 is 5.73 Å². The Balaban J connectivity index is 2.52. The van der Waals surface area contributed by atoms with Gasteiger partial charge in [0.25, 0.3) is 0 Å². The molecule has 1 unspecified atom stereocenters. The van der Waals surface area contributed by atoms with Crippen molar-refractivity contribution in [1.29, 1.82) is 0 Å². The SMILES string of the molecule is COC(CN1CCOCC1C(N)=O)OC. The normalized spacial score (nSPS) is 23.3. The van der Waals surface area contributed by atoms with E-state index in [9.17, 15) is 4.79 Å². The zero-order valence-electron chi connectivity index (χ0n) is 9.14. The molecule has 0 aromatic carbocycles. The van der Waals surface area contributed by atoms with E-state index < -0.39 is 0 Å². The van der Waals surface area contributed by atoms with E-state index in [1.807, 2.05) is 4.90 Å². The zero-order chi connectivity index (χ0) is 11.3. The van der Waals surface area contributed by atoms with Gasteiger partial charge in [-0.05, 0) is 0 Å². The molecule has 0 bridgehead atoms. The Kier molecular flexibility index (Phi) is 4.97. The number of primary amides is 1. The number of carbonyl (C=O) groups excluding carboxylic acids is 1. The second-order valence-electron chi connectivity index (χ2n) is 3.39. The van der Waals surface area contributed by atoms with Gasteiger partial charge >= 0.3 is 0 Å². The largest absolute Gasteiger partial charge is 0.378 e. The number of nitrogens with zero attached hydrogens (tertiary/aromatic N) is 1. The maximum Gasteiger partial charge on any atom is 0.237 e. The van der Waals surface area contributed by atoms with Crippen LogP contribution in [0.2, 0.25) is 0 Å². The molecule has 6 nitrogen and oxygen atoms in total. The van der Waals surface area contributed by atoms with Gasteiger partial charge < -0.3 is 19.9 Å². The highest BCUT2D eigenvalue weighted by Gasteiger charge is 2.29. The standard InChI is InChI=1S/C9H18N2O4/c1-13-8(14-2)5-11-3-4-15-6-7(11)9(10)12/h7-8H,3-6H2,1-2H3,(H2,10,12). The first-order valence-electron chi connectivity index (χ1n) is 4.85. The number of rotatable bonds is 5. The topological polar surface area (TPSA) is 74.0 Å². The van der Waals surface area contributed by atoms with Gasteiger partial charge in [0.1, 0.15) is 6.04 Å². The number of amides is 1. The van der Waals surface area contributed by atoms with Crippen molar-refractivity contribution in [3.05, 3.63) is 0 Å². The third kappa shape index (κ3) is 3.42. The number of morpholine rings is 1. The molecule has 1 amide bonds. The summed E-state index contributed by atoms with van der Waals surface area (Å²) in [5.41, 5.74) is 5.27. The van der Waals surface area contributed by atoms with Crippen LogP contribution in [0.25, 0.3) is 0 Å². The number of hydrogen-bond acceptors (Lipinski definition) is 5. The minimum absolute atomic E-state index is 0.343. The molecule has 1 aliphatic rings. The summed E-state index contributed by atoms with van der Waals surface area (Å²) in [4.78, 5) is 13.1. The van der Waals surface area contributed by atoms with Gasteiger partial charge in [-0.25, -0.2) is 0 Å². The molecule has 88 valence electrons. The average Bonchev–Trinajstić information content (AvgIpc) is 2.26. The maximum absolute atomic E-state index is 11.1. The molecule has 1 saturated heterocycles. The second-order valence-corrected chi connectivity index (χ2v) is 3.39. The molecule has 1 rings (SSSR count). The predicted octanol–water partition coefficient (Wildman–Crippen LogP) is -1.21. The fourth-order valence-corrected chi connectivity index (χ4v) is 1.56. The lowest BCUT2D eigenvalue weighted by atomic mass is 10.2. The smallest absolute Gasteiger partial charge is 0.237 e. The molecule has 6 heteroatoms. The molecular weight excluding hydrogens is 200 g/mol. The molecule has 2 N–H and O–H groups in total. The van der Waals surface area contributed by atoms with Gasteiger partial charge in [-0.2, -0.15) is 0 Å². The monoisotopic (exact) mass is 218 g/mol. The first-order chi connectivity index (χ1) is 7.19. The predicted molar refractivity (Wildman–Crippen MR) is 53.2 cm³/mol. The molecule has 0 spiro atoms. The lowest BCUT2D eigenvalue weighted by Gasteiger charge is -2.34. The Morgan fingerprint density at radius 2 is 2.27 bits per heavy atom. The van der Waals surface area contributed by atoms with Gasteiger partial charge in [-0.15, -0.1) is 0 Å². The van der Waals surface area contributed by atoms with E-state index in [4.69, 9.17) is 19.9 Å². The highest BCUT2D eigenvalue weighted by molar-refractivity contribution is 5.80. The van der Waals surface area contributed by atoms with Crippen molar-refractivity contribution in [2.24, 2.45) is 5.73 Å². The maximum atomic E-state index is 11.1. The Morgan fingerprint density at radius 3 is 2.80 bits per heavy atom. The van der Waals surface area contributed by atoms with Crippen molar-refractivity contribution in [2.75, 3.05) is 40.5 Å². The van der Waals surface area contributed by atoms with Gasteiger partial charge in [-0.3, -0.25) is 9.69 Å². The van der Waals surface area contributed by atoms with Crippen molar-refractivity contribution in [3.63, 3.8) is 0 Å². The van der Waals surface area contributed by atoms with Crippen LogP contribution in [0.3, 0.4) is 0 Å².